The lowest BCUT2D eigenvalue weighted by molar-refractivity contribution is 0.109. The predicted molar refractivity (Wildman–Crippen MR) is 94.2 cm³/mol. The Morgan fingerprint density at radius 3 is 2.73 bits per heavy atom. The Bertz CT molecular complexity index is 488. The Labute approximate surface area is 135 Å². The van der Waals surface area contributed by atoms with Gasteiger partial charge in [-0.05, 0) is 55.0 Å². The van der Waals surface area contributed by atoms with Crippen molar-refractivity contribution in [2.75, 3.05) is 25.4 Å². The van der Waals surface area contributed by atoms with Crippen LogP contribution in [-0.4, -0.2) is 29.6 Å². The van der Waals surface area contributed by atoms with Crippen LogP contribution in [0.4, 0.5) is 5.69 Å². The van der Waals surface area contributed by atoms with E-state index in [9.17, 15) is 5.11 Å². The fraction of sp³-hybridized carbons (Fsp3) is 0.684. The first-order chi connectivity index (χ1) is 10.5. The second-order valence-electron chi connectivity index (χ2n) is 7.20. The lowest BCUT2D eigenvalue weighted by Gasteiger charge is -2.45. The van der Waals surface area contributed by atoms with Gasteiger partial charge in [-0.15, -0.1) is 0 Å². The summed E-state index contributed by atoms with van der Waals surface area (Å²) in [6.45, 7) is 10.5. The summed E-state index contributed by atoms with van der Waals surface area (Å²) in [6, 6.07) is 5.78. The number of nitrogens with zero attached hydrogens (tertiary/aromatic N) is 1. The number of phenols is 1. The van der Waals surface area contributed by atoms with Crippen molar-refractivity contribution in [3.8, 4) is 5.75 Å². The molecule has 0 aliphatic carbocycles. The molecule has 3 nitrogen and oxygen atoms in total. The average molecular weight is 304 g/mol. The fourth-order valence-electron chi connectivity index (χ4n) is 3.61. The third-order valence-electron chi connectivity index (χ3n) is 5.58. The zero-order chi connectivity index (χ0) is 16.2. The summed E-state index contributed by atoms with van der Waals surface area (Å²) >= 11 is 0. The van der Waals surface area contributed by atoms with Gasteiger partial charge in [0.15, 0.2) is 0 Å². The molecule has 2 atom stereocenters. The van der Waals surface area contributed by atoms with Gasteiger partial charge < -0.3 is 15.7 Å². The Kier molecular flexibility index (Phi) is 5.74. The second kappa shape index (κ2) is 7.36. The maximum absolute atomic E-state index is 9.91. The van der Waals surface area contributed by atoms with Gasteiger partial charge in [-0.1, -0.05) is 46.1 Å². The number of aromatic hydroxyl groups is 1. The van der Waals surface area contributed by atoms with Crippen LogP contribution in [0.25, 0.3) is 0 Å². The molecule has 22 heavy (non-hydrogen) atoms. The van der Waals surface area contributed by atoms with Crippen LogP contribution >= 0.6 is 0 Å². The lowest BCUT2D eigenvalue weighted by atomic mass is 9.68. The molecule has 0 unspecified atom stereocenters. The van der Waals surface area contributed by atoms with Crippen LogP contribution in [0.2, 0.25) is 0 Å². The molecule has 0 spiro atoms. The third-order valence-corrected chi connectivity index (χ3v) is 5.58. The van der Waals surface area contributed by atoms with Gasteiger partial charge in [-0.3, -0.25) is 0 Å². The van der Waals surface area contributed by atoms with Crippen molar-refractivity contribution in [2.24, 2.45) is 5.92 Å². The SMILES string of the molecule is CCCCCCN1CC[C@](C)(c2ccc(N)c(O)c2)[C@@H](C)C1. The normalized spacial score (nSPS) is 26.2. The molecule has 1 fully saturated rings. The van der Waals surface area contributed by atoms with Crippen molar-refractivity contribution in [2.45, 2.75) is 58.3 Å². The number of anilines is 1. The summed E-state index contributed by atoms with van der Waals surface area (Å²) in [4.78, 5) is 2.61. The zero-order valence-corrected chi connectivity index (χ0v) is 14.4. The first kappa shape index (κ1) is 17.1. The van der Waals surface area contributed by atoms with Crippen molar-refractivity contribution in [1.82, 2.24) is 4.90 Å². The quantitative estimate of drug-likeness (QED) is 0.471. The van der Waals surface area contributed by atoms with Crippen LogP contribution in [0.1, 0.15) is 58.4 Å². The van der Waals surface area contributed by atoms with Gasteiger partial charge in [0.1, 0.15) is 5.75 Å². The molecule has 0 radical (unpaired) electrons. The second-order valence-corrected chi connectivity index (χ2v) is 7.20. The van der Waals surface area contributed by atoms with E-state index in [2.05, 4.69) is 31.7 Å². The summed E-state index contributed by atoms with van der Waals surface area (Å²) in [5.41, 5.74) is 7.56. The topological polar surface area (TPSA) is 49.5 Å². The average Bonchev–Trinajstić information content (AvgIpc) is 2.50. The smallest absolute Gasteiger partial charge is 0.138 e. The number of nitrogen functional groups attached to an aromatic ring is 1. The summed E-state index contributed by atoms with van der Waals surface area (Å²) in [7, 11) is 0. The van der Waals surface area contributed by atoms with Gasteiger partial charge >= 0.3 is 0 Å². The molecule has 3 N–H and O–H groups in total. The molecule has 0 aromatic heterocycles. The maximum atomic E-state index is 9.91. The van der Waals surface area contributed by atoms with Crippen molar-refractivity contribution in [3.05, 3.63) is 23.8 Å². The molecule has 124 valence electrons. The standard InChI is InChI=1S/C19H32N2O/c1-4-5-6-7-11-21-12-10-19(3,15(2)14-21)16-8-9-17(20)18(22)13-16/h8-9,13,15,22H,4-7,10-12,14,20H2,1-3H3/t15-,19-/m0/s1. The predicted octanol–water partition coefficient (Wildman–Crippen LogP) is 4.15. The molecular formula is C19H32N2O. The minimum Gasteiger partial charge on any atom is -0.506 e. The van der Waals surface area contributed by atoms with E-state index in [1.54, 1.807) is 0 Å². The Morgan fingerprint density at radius 1 is 1.32 bits per heavy atom. The Hall–Kier alpha value is -1.22. The number of nitrogens with two attached hydrogens (primary N) is 1. The number of hydrogen-bond acceptors (Lipinski definition) is 3. The molecule has 0 bridgehead atoms. The van der Waals surface area contributed by atoms with Crippen molar-refractivity contribution < 1.29 is 5.11 Å². The highest BCUT2D eigenvalue weighted by Gasteiger charge is 2.38. The van der Waals surface area contributed by atoms with Crippen LogP contribution in [0.3, 0.4) is 0 Å². The first-order valence-electron chi connectivity index (χ1n) is 8.78. The van der Waals surface area contributed by atoms with E-state index in [-0.39, 0.29) is 11.2 Å². The maximum Gasteiger partial charge on any atom is 0.138 e. The van der Waals surface area contributed by atoms with Crippen molar-refractivity contribution >= 4 is 5.69 Å². The zero-order valence-electron chi connectivity index (χ0n) is 14.4. The number of piperidine rings is 1. The fourth-order valence-corrected chi connectivity index (χ4v) is 3.61. The molecule has 0 saturated carbocycles. The van der Waals surface area contributed by atoms with Gasteiger partial charge in [-0.25, -0.2) is 0 Å². The number of benzene rings is 1. The molecule has 3 heteroatoms. The highest BCUT2D eigenvalue weighted by Crippen LogP contribution is 2.41. The summed E-state index contributed by atoms with van der Waals surface area (Å²) in [5.74, 6) is 0.795. The van der Waals surface area contributed by atoms with Gasteiger partial charge in [-0.2, -0.15) is 0 Å². The third kappa shape index (κ3) is 3.75. The van der Waals surface area contributed by atoms with Crippen LogP contribution in [0.15, 0.2) is 18.2 Å². The number of phenolic OH excluding ortho intramolecular Hbond substituents is 1. The minimum absolute atomic E-state index is 0.130. The van der Waals surface area contributed by atoms with Gasteiger partial charge in [0.25, 0.3) is 0 Å². The van der Waals surface area contributed by atoms with Crippen molar-refractivity contribution in [3.63, 3.8) is 0 Å². The molecule has 2 rings (SSSR count). The number of rotatable bonds is 6. The van der Waals surface area contributed by atoms with Gasteiger partial charge in [0.05, 0.1) is 5.69 Å². The van der Waals surface area contributed by atoms with Crippen LogP contribution < -0.4 is 5.73 Å². The molecule has 1 aromatic rings. The van der Waals surface area contributed by atoms with E-state index in [1.165, 1.54) is 37.8 Å². The van der Waals surface area contributed by atoms with E-state index < -0.39 is 0 Å². The molecular weight excluding hydrogens is 272 g/mol. The van der Waals surface area contributed by atoms with Gasteiger partial charge in [0.2, 0.25) is 0 Å². The largest absolute Gasteiger partial charge is 0.506 e. The van der Waals surface area contributed by atoms with E-state index in [0.717, 1.165) is 19.5 Å². The molecule has 1 saturated heterocycles. The number of hydrogen-bond donors (Lipinski definition) is 2. The van der Waals surface area contributed by atoms with Crippen LogP contribution in [-0.2, 0) is 5.41 Å². The molecule has 1 aliphatic rings. The van der Waals surface area contributed by atoms with E-state index in [0.29, 0.717) is 11.6 Å². The number of unbranched alkanes of at least 4 members (excludes halogenated alkanes) is 3. The highest BCUT2D eigenvalue weighted by molar-refractivity contribution is 5.54. The Balaban J connectivity index is 1.98. The van der Waals surface area contributed by atoms with Gasteiger partial charge in [0, 0.05) is 6.54 Å². The number of likely N-dealkylation sites (tertiary alicyclic amines) is 1. The summed E-state index contributed by atoms with van der Waals surface area (Å²) < 4.78 is 0. The molecule has 0 amide bonds. The summed E-state index contributed by atoms with van der Waals surface area (Å²) in [5, 5.41) is 9.91. The van der Waals surface area contributed by atoms with E-state index >= 15 is 0 Å². The summed E-state index contributed by atoms with van der Waals surface area (Å²) in [6.07, 6.45) is 6.47. The molecule has 1 aromatic carbocycles. The van der Waals surface area contributed by atoms with Crippen LogP contribution in [0.5, 0.6) is 5.75 Å². The Morgan fingerprint density at radius 2 is 2.09 bits per heavy atom. The first-order valence-corrected chi connectivity index (χ1v) is 8.78. The molecule has 1 heterocycles. The van der Waals surface area contributed by atoms with Crippen LogP contribution in [0, 0.1) is 5.92 Å². The van der Waals surface area contributed by atoms with E-state index in [1.807, 2.05) is 12.1 Å². The monoisotopic (exact) mass is 304 g/mol. The minimum atomic E-state index is 0.130. The molecule has 1 aliphatic heterocycles. The lowest BCUT2D eigenvalue weighted by Crippen LogP contribution is -2.47. The highest BCUT2D eigenvalue weighted by atomic mass is 16.3. The van der Waals surface area contributed by atoms with Crippen molar-refractivity contribution in [1.29, 1.82) is 0 Å². The van der Waals surface area contributed by atoms with E-state index in [4.69, 9.17) is 5.73 Å².